The summed E-state index contributed by atoms with van der Waals surface area (Å²) < 4.78 is 0. The summed E-state index contributed by atoms with van der Waals surface area (Å²) in [6.07, 6.45) is 0.956. The van der Waals surface area contributed by atoms with Crippen molar-refractivity contribution in [2.75, 3.05) is 6.54 Å². The van der Waals surface area contributed by atoms with E-state index in [1.165, 1.54) is 0 Å². The predicted molar refractivity (Wildman–Crippen MR) is 51.3 cm³/mol. The summed E-state index contributed by atoms with van der Waals surface area (Å²) in [4.78, 5) is 13.9. The molecule has 71 valence electrons. The van der Waals surface area contributed by atoms with E-state index in [9.17, 15) is 4.79 Å². The average molecular weight is 213 g/mol. The molecule has 0 aliphatic rings. The summed E-state index contributed by atoms with van der Waals surface area (Å²) in [5.41, 5.74) is 15.3. The van der Waals surface area contributed by atoms with Crippen molar-refractivity contribution in [1.82, 2.24) is 0 Å². The molecule has 0 fully saturated rings. The van der Waals surface area contributed by atoms with Gasteiger partial charge in [-0.25, -0.2) is 0 Å². The third-order valence-corrected chi connectivity index (χ3v) is 1.28. The molecule has 0 bridgehead atoms. The number of rotatable bonds is 5. The fourth-order valence-electron chi connectivity index (χ4n) is 0.643. The average Bonchev–Trinajstić information content (AvgIpc) is 1.97. The quantitative estimate of drug-likeness (QED) is 0.183. The number of nitrogens with two attached hydrogens (primary N) is 3. The fraction of sp³-hybridized carbons (Fsp3) is 0.667. The van der Waals surface area contributed by atoms with Crippen molar-refractivity contribution in [1.29, 1.82) is 0 Å². The number of aliphatic imine (C=N–C) groups is 1. The molecule has 1 radical (unpaired) electrons. The summed E-state index contributed by atoms with van der Waals surface area (Å²) in [7, 11) is 0. The van der Waals surface area contributed by atoms with E-state index in [0.717, 1.165) is 0 Å². The molecule has 0 spiro atoms. The van der Waals surface area contributed by atoms with E-state index in [0.29, 0.717) is 19.4 Å². The Morgan fingerprint density at radius 1 is 1.46 bits per heavy atom. The normalized spacial score (nSPS) is 11.2. The smallest absolute Gasteiger partial charge is 0.320 e. The summed E-state index contributed by atoms with van der Waals surface area (Å²) in [6.45, 7) is 0.420. The second-order valence-corrected chi connectivity index (χ2v) is 2.39. The van der Waals surface area contributed by atoms with E-state index < -0.39 is 12.0 Å². The third-order valence-electron chi connectivity index (χ3n) is 1.28. The van der Waals surface area contributed by atoms with Gasteiger partial charge in [-0.2, -0.15) is 0 Å². The van der Waals surface area contributed by atoms with Crippen molar-refractivity contribution < 1.29 is 9.90 Å². The molecule has 1 atom stereocenters. The molecule has 0 rings (SSSR count). The molecule has 7 N–H and O–H groups in total. The summed E-state index contributed by atoms with van der Waals surface area (Å²) in [5, 5.41) is 8.38. The van der Waals surface area contributed by atoms with Crippen LogP contribution in [0.2, 0.25) is 0 Å². The molecule has 0 amide bonds. The number of carboxylic acids is 1. The Kier molecular flexibility index (Phi) is 10.8. The Bertz CT molecular complexity index is 181. The van der Waals surface area contributed by atoms with E-state index in [1.807, 2.05) is 0 Å². The maximum atomic E-state index is 10.2. The first-order chi connectivity index (χ1) is 5.54. The van der Waals surface area contributed by atoms with Crippen LogP contribution in [0.3, 0.4) is 0 Å². The first-order valence-corrected chi connectivity index (χ1v) is 3.58. The van der Waals surface area contributed by atoms with Crippen molar-refractivity contribution in [3.8, 4) is 0 Å². The molecule has 0 unspecified atom stereocenters. The fourth-order valence-corrected chi connectivity index (χ4v) is 0.643. The zero-order chi connectivity index (χ0) is 9.56. The van der Waals surface area contributed by atoms with Gasteiger partial charge >= 0.3 is 5.97 Å². The van der Waals surface area contributed by atoms with Crippen molar-refractivity contribution in [3.63, 3.8) is 0 Å². The Morgan fingerprint density at radius 2 is 2.00 bits per heavy atom. The molecule has 0 aliphatic carbocycles. The van der Waals surface area contributed by atoms with Crippen LogP contribution < -0.4 is 17.2 Å². The van der Waals surface area contributed by atoms with Crippen LogP contribution in [0, 0.1) is 0 Å². The maximum absolute atomic E-state index is 10.2. The van der Waals surface area contributed by atoms with E-state index >= 15 is 0 Å². The third kappa shape index (κ3) is 10.3. The van der Waals surface area contributed by atoms with Gasteiger partial charge in [-0.1, -0.05) is 0 Å². The Balaban J connectivity index is 0. The maximum Gasteiger partial charge on any atom is 0.320 e. The van der Waals surface area contributed by atoms with E-state index in [4.69, 9.17) is 22.3 Å². The van der Waals surface area contributed by atoms with Gasteiger partial charge in [0.05, 0.1) is 0 Å². The molecule has 0 aliphatic heterocycles. The van der Waals surface area contributed by atoms with E-state index in [-0.39, 0.29) is 57.3 Å². The number of aliphatic carboxylic acids is 1. The summed E-state index contributed by atoms with van der Waals surface area (Å²) in [5.74, 6) is -0.987. The minimum absolute atomic E-state index is 0. The second-order valence-electron chi connectivity index (χ2n) is 2.39. The van der Waals surface area contributed by atoms with Gasteiger partial charge in [-0.15, -0.1) is 0 Å². The van der Waals surface area contributed by atoms with Crippen LogP contribution in [-0.2, 0) is 4.79 Å². The van der Waals surface area contributed by atoms with Crippen LogP contribution in [0.1, 0.15) is 12.8 Å². The van der Waals surface area contributed by atoms with Crippen molar-refractivity contribution >= 4 is 63.3 Å². The van der Waals surface area contributed by atoms with E-state index in [1.54, 1.807) is 0 Å². The minimum Gasteiger partial charge on any atom is -0.480 e. The molecule has 0 aromatic rings. The number of carboxylic acid groups (broad SMARTS) is 1. The minimum atomic E-state index is -1.00. The molecule has 0 saturated carbocycles. The van der Waals surface area contributed by atoms with Crippen LogP contribution in [0.25, 0.3) is 0 Å². The molecule has 6 nitrogen and oxygen atoms in total. The van der Waals surface area contributed by atoms with Crippen LogP contribution in [0.5, 0.6) is 0 Å². The van der Waals surface area contributed by atoms with Crippen molar-refractivity contribution in [2.24, 2.45) is 22.2 Å². The van der Waals surface area contributed by atoms with Crippen LogP contribution in [0.15, 0.2) is 4.99 Å². The largest absolute Gasteiger partial charge is 0.480 e. The first kappa shape index (κ1) is 15.8. The predicted octanol–water partition coefficient (Wildman–Crippen LogP) is -1.93. The van der Waals surface area contributed by atoms with Gasteiger partial charge in [0.2, 0.25) is 0 Å². The van der Waals surface area contributed by atoms with Crippen LogP contribution in [0.4, 0.5) is 0 Å². The molecule has 0 heterocycles. The zero-order valence-corrected chi connectivity index (χ0v) is 10.9. The van der Waals surface area contributed by atoms with Gasteiger partial charge in [-0.3, -0.25) is 9.79 Å². The zero-order valence-electron chi connectivity index (χ0n) is 7.73. The van der Waals surface area contributed by atoms with Gasteiger partial charge in [0.1, 0.15) is 6.04 Å². The van der Waals surface area contributed by atoms with Gasteiger partial charge in [0.25, 0.3) is 0 Å². The van der Waals surface area contributed by atoms with Gasteiger partial charge in [0, 0.05) is 57.9 Å². The Morgan fingerprint density at radius 3 is 2.38 bits per heavy atom. The number of nitrogens with zero attached hydrogens (tertiary/aromatic N) is 1. The number of hydrogen-bond donors (Lipinski definition) is 4. The molecule has 0 saturated heterocycles. The second kappa shape index (κ2) is 8.91. The molecule has 13 heavy (non-hydrogen) atoms. The Labute approximate surface area is 119 Å². The molecular weight excluding hydrogens is 199 g/mol. The molecule has 7 heteroatoms. The molecular formula is C6H14KN4O2. The van der Waals surface area contributed by atoms with Gasteiger partial charge < -0.3 is 22.3 Å². The monoisotopic (exact) mass is 213 g/mol. The summed E-state index contributed by atoms with van der Waals surface area (Å²) in [6, 6.07) is -0.820. The topological polar surface area (TPSA) is 128 Å². The van der Waals surface area contributed by atoms with Gasteiger partial charge in [0.15, 0.2) is 5.96 Å². The van der Waals surface area contributed by atoms with Crippen LogP contribution in [-0.4, -0.2) is 81.0 Å². The standard InChI is InChI=1S/C6H14N4O2.K/c7-4(5(11)12)2-1-3-10-6(8)9;/h4H,1-3,7H2,(H,11,12)(H4,8,9,10);/t4-;/m0./s1. The number of carbonyl (C=O) groups is 1. The van der Waals surface area contributed by atoms with E-state index in [2.05, 4.69) is 4.99 Å². The first-order valence-electron chi connectivity index (χ1n) is 3.58. The van der Waals surface area contributed by atoms with Crippen LogP contribution >= 0.6 is 0 Å². The molecule has 0 aromatic carbocycles. The number of hydrogen-bond acceptors (Lipinski definition) is 3. The van der Waals surface area contributed by atoms with Crippen molar-refractivity contribution in [3.05, 3.63) is 0 Å². The SMILES string of the molecule is NC(N)=NCCC[C@H](N)C(=O)O.[K]. The Hall–Kier alpha value is 0.336. The van der Waals surface area contributed by atoms with Crippen molar-refractivity contribution in [2.45, 2.75) is 18.9 Å². The number of guanidine groups is 1. The summed E-state index contributed by atoms with van der Waals surface area (Å²) >= 11 is 0. The molecule has 0 aromatic heterocycles. The van der Waals surface area contributed by atoms with Gasteiger partial charge in [-0.05, 0) is 12.8 Å².